The highest BCUT2D eigenvalue weighted by molar-refractivity contribution is 5.71. The van der Waals surface area contributed by atoms with E-state index < -0.39 is 18.7 Å². The van der Waals surface area contributed by atoms with Gasteiger partial charge in [-0.15, -0.1) is 0 Å². The molecule has 10 nitrogen and oxygen atoms in total. The summed E-state index contributed by atoms with van der Waals surface area (Å²) in [5.41, 5.74) is 0.0534. The average molecular weight is 429 g/mol. The molecule has 30 heavy (non-hydrogen) atoms. The van der Waals surface area contributed by atoms with Crippen LogP contribution in [0.25, 0.3) is 11.0 Å². The number of benzene rings is 1. The van der Waals surface area contributed by atoms with Crippen LogP contribution in [-0.4, -0.2) is 48.9 Å². The molecule has 1 aliphatic rings. The quantitative estimate of drug-likeness (QED) is 0.393. The summed E-state index contributed by atoms with van der Waals surface area (Å²) in [5.74, 6) is -0.488. The minimum atomic E-state index is -4.34. The Kier molecular flexibility index (Phi) is 5.99. The third kappa shape index (κ3) is 5.10. The summed E-state index contributed by atoms with van der Waals surface area (Å²) < 4.78 is 47.6. The predicted molar refractivity (Wildman–Crippen MR) is 95.7 cm³/mol. The lowest BCUT2D eigenvalue weighted by Crippen LogP contribution is -2.44. The second kappa shape index (κ2) is 8.47. The fourth-order valence-corrected chi connectivity index (χ4v) is 2.85. The fraction of sp³-hybridized carbons (Fsp3) is 0.412. The van der Waals surface area contributed by atoms with Gasteiger partial charge in [0.2, 0.25) is 5.10 Å². The van der Waals surface area contributed by atoms with E-state index in [0.29, 0.717) is 10.5 Å². The molecule has 0 spiro atoms. The molecule has 0 radical (unpaired) electrons. The lowest BCUT2D eigenvalue weighted by molar-refractivity contribution is -0.672. The van der Waals surface area contributed by atoms with Crippen LogP contribution < -0.4 is 19.6 Å². The van der Waals surface area contributed by atoms with Gasteiger partial charge in [-0.2, -0.15) is 13.2 Å². The number of nitrogens with one attached hydrogen (secondary N) is 1. The zero-order valence-electron chi connectivity index (χ0n) is 15.8. The summed E-state index contributed by atoms with van der Waals surface area (Å²) >= 11 is 0. The van der Waals surface area contributed by atoms with Crippen molar-refractivity contribution in [2.75, 3.05) is 32.1 Å². The molecule has 0 saturated heterocycles. The predicted octanol–water partition coefficient (Wildman–Crippen LogP) is 0.965. The Bertz CT molecular complexity index is 982. The van der Waals surface area contributed by atoms with Crippen LogP contribution in [0.2, 0.25) is 0 Å². The van der Waals surface area contributed by atoms with E-state index in [2.05, 4.69) is 10.4 Å². The molecule has 0 aliphatic carbocycles. The van der Waals surface area contributed by atoms with E-state index >= 15 is 0 Å². The highest BCUT2D eigenvalue weighted by atomic mass is 19.4. The van der Waals surface area contributed by atoms with Crippen molar-refractivity contribution in [1.82, 2.24) is 10.00 Å². The van der Waals surface area contributed by atoms with E-state index in [4.69, 9.17) is 9.47 Å². The number of esters is 1. The van der Waals surface area contributed by atoms with E-state index in [0.717, 1.165) is 11.1 Å². The number of carbonyl (C=O) groups excluding carboxylic acids is 1. The van der Waals surface area contributed by atoms with Crippen molar-refractivity contribution in [3.63, 3.8) is 0 Å². The van der Waals surface area contributed by atoms with Crippen LogP contribution in [0.4, 0.5) is 19.1 Å². The number of nitrogens with zero attached hydrogens (tertiary/aromatic N) is 4. The highest BCUT2D eigenvalue weighted by Crippen LogP contribution is 2.22. The van der Waals surface area contributed by atoms with Crippen LogP contribution in [0.3, 0.4) is 0 Å². The Hall–Kier alpha value is -3.51. The van der Waals surface area contributed by atoms with Crippen molar-refractivity contribution >= 4 is 23.0 Å². The Balaban J connectivity index is 1.56. The number of methoxy groups -OCH3 is 1. The van der Waals surface area contributed by atoms with Gasteiger partial charge < -0.3 is 24.8 Å². The first-order chi connectivity index (χ1) is 14.2. The Labute approximate surface area is 168 Å². The number of aromatic nitrogens is 3. The number of halogens is 3. The SMILES string of the molecule is COc1ccc2c(c1)[n+]([O-])nc(NCCC(=O)OC1=CN(CC(F)(F)F)CC1)[n+]2[O-]. The van der Waals surface area contributed by atoms with E-state index in [1.165, 1.54) is 25.3 Å². The number of fused-ring (bicyclic) bond motifs is 1. The van der Waals surface area contributed by atoms with Gasteiger partial charge in [-0.1, -0.05) is 0 Å². The smallest absolute Gasteiger partial charge is 0.460 e. The summed E-state index contributed by atoms with van der Waals surface area (Å²) in [6.45, 7) is -1.09. The molecule has 1 aliphatic heterocycles. The largest absolute Gasteiger partial charge is 0.739 e. The number of ether oxygens (including phenoxy) is 2. The van der Waals surface area contributed by atoms with Gasteiger partial charge in [0.25, 0.3) is 0 Å². The molecule has 0 bridgehead atoms. The Morgan fingerprint density at radius 3 is 2.80 bits per heavy atom. The first-order valence-corrected chi connectivity index (χ1v) is 8.83. The summed E-state index contributed by atoms with van der Waals surface area (Å²) in [4.78, 5) is 13.2. The first-order valence-electron chi connectivity index (χ1n) is 8.83. The molecule has 1 aromatic heterocycles. The van der Waals surface area contributed by atoms with Gasteiger partial charge in [0.05, 0.1) is 26.1 Å². The van der Waals surface area contributed by atoms with Gasteiger partial charge in [0.15, 0.2) is 5.52 Å². The lowest BCUT2D eigenvalue weighted by Gasteiger charge is -2.16. The third-order valence-electron chi connectivity index (χ3n) is 4.20. The second-order valence-electron chi connectivity index (χ2n) is 6.43. The summed E-state index contributed by atoms with van der Waals surface area (Å²) in [5, 5.41) is 30.6. The molecule has 0 saturated carbocycles. The standard InChI is InChI=1S/C17H18F3N5O5/c1-29-11-2-3-13-14(8-11)25(28)22-16(24(13)27)21-6-4-15(26)30-12-5-7-23(9-12)10-17(18,19)20/h2-3,8-9H,4-7,10H2,1H3,(H,21,22). The topological polar surface area (TPSA) is 118 Å². The molecule has 2 heterocycles. The van der Waals surface area contributed by atoms with Gasteiger partial charge in [0.1, 0.15) is 18.1 Å². The third-order valence-corrected chi connectivity index (χ3v) is 4.20. The molecular weight excluding hydrogens is 411 g/mol. The van der Waals surface area contributed by atoms with Crippen molar-refractivity contribution < 1.29 is 37.0 Å². The number of alkyl halides is 3. The molecule has 0 unspecified atom stereocenters. The van der Waals surface area contributed by atoms with Crippen LogP contribution in [0, 0.1) is 10.4 Å². The van der Waals surface area contributed by atoms with E-state index in [9.17, 15) is 28.4 Å². The second-order valence-corrected chi connectivity index (χ2v) is 6.43. The molecule has 2 aromatic rings. The molecule has 1 aromatic carbocycles. The maximum Gasteiger partial charge on any atom is 0.460 e. The van der Waals surface area contributed by atoms with Gasteiger partial charge in [-0.25, -0.2) is 4.73 Å². The van der Waals surface area contributed by atoms with Gasteiger partial charge in [-0.05, 0) is 12.1 Å². The van der Waals surface area contributed by atoms with Crippen LogP contribution in [0.5, 0.6) is 5.75 Å². The first kappa shape index (κ1) is 21.2. The number of hydrogen-bond donors (Lipinski definition) is 1. The Morgan fingerprint density at radius 1 is 1.33 bits per heavy atom. The average Bonchev–Trinajstić information content (AvgIpc) is 3.09. The maximum atomic E-state index is 12.4. The normalized spacial score (nSPS) is 14.0. The molecule has 0 amide bonds. The van der Waals surface area contributed by atoms with Crippen molar-refractivity contribution in [3.8, 4) is 5.75 Å². The van der Waals surface area contributed by atoms with Gasteiger partial charge in [-0.3, -0.25) is 10.1 Å². The monoisotopic (exact) mass is 429 g/mol. The zero-order chi connectivity index (χ0) is 21.9. The van der Waals surface area contributed by atoms with Crippen molar-refractivity contribution in [2.45, 2.75) is 19.0 Å². The van der Waals surface area contributed by atoms with Crippen molar-refractivity contribution in [3.05, 3.63) is 40.6 Å². The highest BCUT2D eigenvalue weighted by Gasteiger charge is 2.32. The maximum absolute atomic E-state index is 12.4. The van der Waals surface area contributed by atoms with Gasteiger partial charge in [0, 0.05) is 24.0 Å². The van der Waals surface area contributed by atoms with Crippen molar-refractivity contribution in [1.29, 1.82) is 0 Å². The molecule has 3 rings (SSSR count). The van der Waals surface area contributed by atoms with E-state index in [-0.39, 0.29) is 53.5 Å². The molecule has 162 valence electrons. The summed E-state index contributed by atoms with van der Waals surface area (Å²) in [6, 6.07) is 4.27. The number of anilines is 1. The lowest BCUT2D eigenvalue weighted by atomic mass is 10.3. The summed E-state index contributed by atoms with van der Waals surface area (Å²) in [7, 11) is 1.42. The van der Waals surface area contributed by atoms with Crippen molar-refractivity contribution in [2.24, 2.45) is 0 Å². The minimum absolute atomic E-state index is 0.00545. The summed E-state index contributed by atoms with van der Waals surface area (Å²) in [6.07, 6.45) is -3.20. The molecule has 1 N–H and O–H groups in total. The Morgan fingerprint density at radius 2 is 2.10 bits per heavy atom. The van der Waals surface area contributed by atoms with E-state index in [1.807, 2.05) is 0 Å². The molecule has 0 fully saturated rings. The molecular formula is C17H18F3N5O5. The molecule has 13 heteroatoms. The molecule has 0 atom stereocenters. The fourth-order valence-electron chi connectivity index (χ4n) is 2.85. The van der Waals surface area contributed by atoms with Gasteiger partial charge >= 0.3 is 23.6 Å². The minimum Gasteiger partial charge on any atom is -0.739 e. The zero-order valence-corrected chi connectivity index (χ0v) is 15.8. The number of rotatable bonds is 7. The number of carbonyl (C=O) groups is 1. The van der Waals surface area contributed by atoms with Crippen LogP contribution in [0.15, 0.2) is 30.2 Å². The van der Waals surface area contributed by atoms with Crippen LogP contribution in [-0.2, 0) is 9.53 Å². The number of hydrogen-bond acceptors (Lipinski definition) is 8. The van der Waals surface area contributed by atoms with Crippen LogP contribution in [0.1, 0.15) is 12.8 Å². The van der Waals surface area contributed by atoms with Crippen LogP contribution >= 0.6 is 0 Å². The van der Waals surface area contributed by atoms with E-state index in [1.54, 1.807) is 0 Å².